The summed E-state index contributed by atoms with van der Waals surface area (Å²) in [6.45, 7) is 17.1. The molecule has 0 aliphatic rings. The van der Waals surface area contributed by atoms with Gasteiger partial charge in [-0.25, -0.2) is 0 Å². The Balaban J connectivity index is 6.27. The Labute approximate surface area is 194 Å². The average Bonchev–Trinajstić information content (AvgIpc) is 2.73. The zero-order valence-electron chi connectivity index (χ0n) is 21.3. The minimum atomic E-state index is -1.18. The van der Waals surface area contributed by atoms with Crippen LogP contribution in [0.3, 0.4) is 0 Å². The van der Waals surface area contributed by atoms with E-state index in [1.807, 2.05) is 41.5 Å². The molecular weight excluding hydrogens is 400 g/mol. The van der Waals surface area contributed by atoms with Crippen LogP contribution in [-0.4, -0.2) is 33.4 Å². The zero-order valence-corrected chi connectivity index (χ0v) is 21.3. The fourth-order valence-corrected chi connectivity index (χ4v) is 3.43. The molecule has 4 unspecified atom stereocenters. The van der Waals surface area contributed by atoms with Crippen molar-refractivity contribution in [3.8, 4) is 24.3 Å². The van der Waals surface area contributed by atoms with Gasteiger partial charge in [0.1, 0.15) is 6.07 Å². The average molecular weight is 440 g/mol. The van der Waals surface area contributed by atoms with E-state index in [0.29, 0.717) is 19.3 Å². The second-order valence-electron chi connectivity index (χ2n) is 10.3. The molecule has 0 fully saturated rings. The highest BCUT2D eigenvalue weighted by Gasteiger charge is 2.43. The molecule has 0 saturated carbocycles. The largest absolute Gasteiger partial charge is 0.269 e. The van der Waals surface area contributed by atoms with Gasteiger partial charge in [0.2, 0.25) is 5.54 Å². The zero-order chi connectivity index (χ0) is 25.2. The monoisotopic (exact) mass is 439 g/mol. The smallest absolute Gasteiger partial charge is 0.196 e. The van der Waals surface area contributed by atoms with Gasteiger partial charge >= 0.3 is 0 Å². The number of nitriles is 4. The van der Waals surface area contributed by atoms with Crippen molar-refractivity contribution in [3.05, 3.63) is 0 Å². The molecule has 32 heavy (non-hydrogen) atoms. The lowest BCUT2D eigenvalue weighted by Crippen LogP contribution is -2.43. The Hall–Kier alpha value is -2.84. The summed E-state index contributed by atoms with van der Waals surface area (Å²) in [6, 6.07) is 8.99. The summed E-state index contributed by atoms with van der Waals surface area (Å²) in [5.41, 5.74) is -4.11. The number of azo groups is 3. The highest BCUT2D eigenvalue weighted by atomic mass is 15.3. The van der Waals surface area contributed by atoms with Crippen molar-refractivity contribution in [2.45, 2.75) is 110 Å². The molecule has 0 aromatic carbocycles. The summed E-state index contributed by atoms with van der Waals surface area (Å²) in [5.74, 6) is 0.485. The molecule has 0 rings (SSSR count). The number of hydrogen-bond acceptors (Lipinski definition) is 7. The van der Waals surface area contributed by atoms with Gasteiger partial charge in [0.15, 0.2) is 17.6 Å². The molecule has 0 radical (unpaired) electrons. The first kappa shape index (κ1) is 29.2. The van der Waals surface area contributed by atoms with Crippen LogP contribution in [0, 0.1) is 57.2 Å². The minimum Gasteiger partial charge on any atom is -0.196 e. The third-order valence-corrected chi connectivity index (χ3v) is 5.48. The van der Waals surface area contributed by atoms with Gasteiger partial charge in [-0.1, -0.05) is 34.6 Å². The van der Waals surface area contributed by atoms with Crippen LogP contribution < -0.4 is 0 Å². The van der Waals surface area contributed by atoms with Crippen LogP contribution in [0.15, 0.2) is 15.3 Å². The Morgan fingerprint density at radius 1 is 0.719 bits per heavy atom. The Bertz CT molecular complexity index is 862. The lowest BCUT2D eigenvalue weighted by molar-refractivity contribution is -0.656. The molecule has 0 amide bonds. The van der Waals surface area contributed by atoms with Gasteiger partial charge in [0.05, 0.1) is 18.2 Å². The van der Waals surface area contributed by atoms with Gasteiger partial charge in [0.25, 0.3) is 5.54 Å². The van der Waals surface area contributed by atoms with Crippen molar-refractivity contribution < 1.29 is 4.70 Å². The van der Waals surface area contributed by atoms with Gasteiger partial charge in [-0.15, -0.1) is 4.70 Å². The van der Waals surface area contributed by atoms with Crippen LogP contribution in [0.1, 0.15) is 88.0 Å². The third-order valence-electron chi connectivity index (χ3n) is 5.48. The molecular formula is C24H39N8+. The van der Waals surface area contributed by atoms with E-state index >= 15 is 0 Å². The summed E-state index contributed by atoms with van der Waals surface area (Å²) < 4.78 is 1.67. The van der Waals surface area contributed by atoms with E-state index in [1.165, 1.54) is 0 Å². The molecule has 0 spiro atoms. The summed E-state index contributed by atoms with van der Waals surface area (Å²) in [4.78, 5) is 0. The van der Waals surface area contributed by atoms with E-state index in [0.717, 1.165) is 0 Å². The van der Waals surface area contributed by atoms with Gasteiger partial charge in [-0.2, -0.15) is 31.3 Å². The lowest BCUT2D eigenvalue weighted by atomic mass is 9.90. The highest BCUT2D eigenvalue weighted by molar-refractivity contribution is 5.07. The van der Waals surface area contributed by atoms with Crippen LogP contribution in [0.4, 0.5) is 0 Å². The van der Waals surface area contributed by atoms with E-state index < -0.39 is 22.2 Å². The third kappa shape index (κ3) is 8.72. The maximum atomic E-state index is 10.0. The summed E-state index contributed by atoms with van der Waals surface area (Å²) in [6.07, 6.45) is 1.84. The molecule has 8 nitrogen and oxygen atoms in total. The van der Waals surface area contributed by atoms with Crippen molar-refractivity contribution in [1.82, 2.24) is 0 Å². The van der Waals surface area contributed by atoms with Crippen LogP contribution in [-0.2, 0) is 0 Å². The SMILES string of the molecule is CCC(C)(C#N)N=NC(C)(C#N)CC[N+](=NC(C)(C#N)CC(C)C)C(C)(C#N)CC(C)C. The van der Waals surface area contributed by atoms with Gasteiger partial charge in [-0.05, 0) is 50.6 Å². The summed E-state index contributed by atoms with van der Waals surface area (Å²) in [5, 5.41) is 52.1. The van der Waals surface area contributed by atoms with Gasteiger partial charge in [-0.3, -0.25) is 0 Å². The molecule has 0 aliphatic heterocycles. The maximum Gasteiger partial charge on any atom is 0.269 e. The predicted molar refractivity (Wildman–Crippen MR) is 122 cm³/mol. The van der Waals surface area contributed by atoms with E-state index in [1.54, 1.807) is 25.5 Å². The Kier molecular flexibility index (Phi) is 10.6. The molecule has 0 N–H and O–H groups in total. The first-order valence-electron chi connectivity index (χ1n) is 11.3. The van der Waals surface area contributed by atoms with Crippen molar-refractivity contribution in [2.24, 2.45) is 27.2 Å². The standard InChI is InChI=1S/C24H39N8/c1-10-21(6,15-25)29-30-22(7,16-26)11-12-32(24(9,18-28)14-20(4)5)31-23(8,17-27)13-19(2)3/h19-20H,10-14H2,1-9H3/q+1. The summed E-state index contributed by atoms with van der Waals surface area (Å²) >= 11 is 0. The molecule has 0 aromatic heterocycles. The topological polar surface area (TPSA) is 135 Å². The number of hydrogen-bond donors (Lipinski definition) is 0. The van der Waals surface area contributed by atoms with E-state index in [2.05, 4.69) is 34.5 Å². The van der Waals surface area contributed by atoms with E-state index in [-0.39, 0.29) is 24.8 Å². The van der Waals surface area contributed by atoms with Gasteiger partial charge < -0.3 is 0 Å². The van der Waals surface area contributed by atoms with Crippen molar-refractivity contribution in [1.29, 1.82) is 21.0 Å². The summed E-state index contributed by atoms with van der Waals surface area (Å²) in [7, 11) is 0. The molecule has 4 atom stereocenters. The quantitative estimate of drug-likeness (QED) is 0.275. The lowest BCUT2D eigenvalue weighted by Gasteiger charge is -2.25. The fourth-order valence-electron chi connectivity index (χ4n) is 3.43. The van der Waals surface area contributed by atoms with E-state index in [4.69, 9.17) is 5.11 Å². The molecule has 0 heterocycles. The van der Waals surface area contributed by atoms with Crippen molar-refractivity contribution in [3.63, 3.8) is 0 Å². The first-order chi connectivity index (χ1) is 14.7. The second-order valence-corrected chi connectivity index (χ2v) is 10.3. The number of rotatable bonds is 12. The van der Waals surface area contributed by atoms with Crippen molar-refractivity contribution >= 4 is 0 Å². The molecule has 8 heteroatoms. The van der Waals surface area contributed by atoms with Gasteiger partial charge in [0, 0.05) is 19.8 Å². The van der Waals surface area contributed by atoms with Crippen molar-refractivity contribution in [2.75, 3.05) is 6.54 Å². The van der Waals surface area contributed by atoms with Crippen LogP contribution in [0.5, 0.6) is 0 Å². The molecule has 0 aromatic rings. The predicted octanol–water partition coefficient (Wildman–Crippen LogP) is 5.92. The molecule has 174 valence electrons. The Morgan fingerprint density at radius 3 is 1.56 bits per heavy atom. The molecule has 0 bridgehead atoms. The van der Waals surface area contributed by atoms with Crippen LogP contribution in [0.2, 0.25) is 0 Å². The van der Waals surface area contributed by atoms with E-state index in [9.17, 15) is 21.0 Å². The maximum absolute atomic E-state index is 10.0. The Morgan fingerprint density at radius 2 is 1.19 bits per heavy atom. The second kappa shape index (κ2) is 11.7. The molecule has 0 saturated heterocycles. The van der Waals surface area contributed by atoms with Crippen LogP contribution >= 0.6 is 0 Å². The fraction of sp³-hybridized carbons (Fsp3) is 0.833. The highest BCUT2D eigenvalue weighted by Crippen LogP contribution is 2.28. The minimum absolute atomic E-state index is 0.235. The molecule has 0 aliphatic carbocycles. The number of nitrogens with zero attached hydrogens (tertiary/aromatic N) is 8. The first-order valence-corrected chi connectivity index (χ1v) is 11.3. The normalized spacial score (nSPS) is 19.7. The van der Waals surface area contributed by atoms with Crippen LogP contribution in [0.25, 0.3) is 0 Å².